The first kappa shape index (κ1) is 12.6. The van der Waals surface area contributed by atoms with Gasteiger partial charge in [-0.15, -0.1) is 11.8 Å². The van der Waals surface area contributed by atoms with Crippen molar-refractivity contribution in [2.75, 3.05) is 0 Å². The molecule has 5 heteroatoms. The summed E-state index contributed by atoms with van der Waals surface area (Å²) in [6, 6.07) is 7.01. The SMILES string of the molecule is Cc1ccc(S[C@@H](C)C(=O)NC(N)=O)cc1. The second-order valence-corrected chi connectivity index (χ2v) is 4.84. The molecule has 1 rings (SSSR count). The highest BCUT2D eigenvalue weighted by Crippen LogP contribution is 2.23. The lowest BCUT2D eigenvalue weighted by Crippen LogP contribution is -2.39. The molecule has 1 aromatic carbocycles. The Labute approximate surface area is 98.6 Å². The summed E-state index contributed by atoms with van der Waals surface area (Å²) in [5.74, 6) is -0.377. The minimum atomic E-state index is -0.818. The number of hydrogen-bond donors (Lipinski definition) is 2. The zero-order valence-electron chi connectivity index (χ0n) is 9.19. The molecule has 86 valence electrons. The number of amides is 3. The van der Waals surface area contributed by atoms with E-state index in [0.29, 0.717) is 0 Å². The maximum atomic E-state index is 11.4. The van der Waals surface area contributed by atoms with Crippen LogP contribution in [-0.2, 0) is 4.79 Å². The predicted molar refractivity (Wildman–Crippen MR) is 64.2 cm³/mol. The zero-order chi connectivity index (χ0) is 12.1. The molecular formula is C11H14N2O2S. The fourth-order valence-corrected chi connectivity index (χ4v) is 1.96. The number of carbonyl (C=O) groups is 2. The summed E-state index contributed by atoms with van der Waals surface area (Å²) in [5, 5.41) is 1.70. The van der Waals surface area contributed by atoms with E-state index in [4.69, 9.17) is 5.73 Å². The summed E-state index contributed by atoms with van der Waals surface area (Å²) < 4.78 is 0. The lowest BCUT2D eigenvalue weighted by Gasteiger charge is -2.09. The average Bonchev–Trinajstić information content (AvgIpc) is 2.20. The van der Waals surface area contributed by atoms with Gasteiger partial charge < -0.3 is 5.73 Å². The van der Waals surface area contributed by atoms with Crippen LogP contribution in [0.15, 0.2) is 29.2 Å². The highest BCUT2D eigenvalue weighted by Gasteiger charge is 2.15. The molecule has 0 aliphatic heterocycles. The molecule has 1 aromatic rings. The first-order valence-electron chi connectivity index (χ1n) is 4.82. The van der Waals surface area contributed by atoms with Crippen LogP contribution < -0.4 is 11.1 Å². The second-order valence-electron chi connectivity index (χ2n) is 3.43. The number of aryl methyl sites for hydroxylation is 1. The quantitative estimate of drug-likeness (QED) is 0.787. The Hall–Kier alpha value is -1.49. The van der Waals surface area contributed by atoms with Gasteiger partial charge in [0.25, 0.3) is 0 Å². The van der Waals surface area contributed by atoms with Crippen LogP contribution in [0.5, 0.6) is 0 Å². The van der Waals surface area contributed by atoms with Gasteiger partial charge in [0, 0.05) is 4.90 Å². The fourth-order valence-electron chi connectivity index (χ4n) is 1.10. The van der Waals surface area contributed by atoms with Crippen LogP contribution in [0.25, 0.3) is 0 Å². The molecule has 0 saturated heterocycles. The molecule has 0 aliphatic rings. The Kier molecular flexibility index (Phi) is 4.37. The molecule has 3 amide bonds. The van der Waals surface area contributed by atoms with E-state index in [-0.39, 0.29) is 11.2 Å². The third-order valence-corrected chi connectivity index (χ3v) is 3.06. The van der Waals surface area contributed by atoms with Crippen LogP contribution >= 0.6 is 11.8 Å². The van der Waals surface area contributed by atoms with E-state index in [0.717, 1.165) is 4.90 Å². The monoisotopic (exact) mass is 238 g/mol. The molecule has 3 N–H and O–H groups in total. The molecule has 4 nitrogen and oxygen atoms in total. The maximum absolute atomic E-state index is 11.4. The van der Waals surface area contributed by atoms with Gasteiger partial charge in [0.15, 0.2) is 0 Å². The second kappa shape index (κ2) is 5.55. The molecule has 0 spiro atoms. The number of primary amides is 1. The molecule has 0 unspecified atom stereocenters. The first-order chi connectivity index (χ1) is 7.49. The Morgan fingerprint density at radius 2 is 1.88 bits per heavy atom. The van der Waals surface area contributed by atoms with E-state index < -0.39 is 6.03 Å². The number of nitrogens with one attached hydrogen (secondary N) is 1. The predicted octanol–water partition coefficient (Wildman–Crippen LogP) is 1.67. The van der Waals surface area contributed by atoms with Gasteiger partial charge in [0.05, 0.1) is 5.25 Å². The number of hydrogen-bond acceptors (Lipinski definition) is 3. The van der Waals surface area contributed by atoms with Gasteiger partial charge in [-0.2, -0.15) is 0 Å². The average molecular weight is 238 g/mol. The first-order valence-corrected chi connectivity index (χ1v) is 5.70. The summed E-state index contributed by atoms with van der Waals surface area (Å²) in [6.07, 6.45) is 0. The van der Waals surface area contributed by atoms with Crippen molar-refractivity contribution in [1.29, 1.82) is 0 Å². The van der Waals surface area contributed by atoms with E-state index >= 15 is 0 Å². The molecule has 16 heavy (non-hydrogen) atoms. The lowest BCUT2D eigenvalue weighted by atomic mass is 10.2. The van der Waals surface area contributed by atoms with Crippen LogP contribution in [0.4, 0.5) is 4.79 Å². The van der Waals surface area contributed by atoms with Crippen molar-refractivity contribution in [2.45, 2.75) is 24.0 Å². The standard InChI is InChI=1S/C11H14N2O2S/c1-7-3-5-9(6-4-7)16-8(2)10(14)13-11(12)15/h3-6,8H,1-2H3,(H3,12,13,14,15)/t8-/m0/s1. The van der Waals surface area contributed by atoms with E-state index in [2.05, 4.69) is 5.32 Å². The number of benzene rings is 1. The number of rotatable bonds is 3. The fraction of sp³-hybridized carbons (Fsp3) is 0.273. The van der Waals surface area contributed by atoms with Crippen LogP contribution in [0.1, 0.15) is 12.5 Å². The molecule has 0 heterocycles. The van der Waals surface area contributed by atoms with Crippen LogP contribution in [-0.4, -0.2) is 17.2 Å². The van der Waals surface area contributed by atoms with Crippen molar-refractivity contribution in [3.63, 3.8) is 0 Å². The minimum Gasteiger partial charge on any atom is -0.351 e. The van der Waals surface area contributed by atoms with Crippen LogP contribution in [0.2, 0.25) is 0 Å². The summed E-state index contributed by atoms with van der Waals surface area (Å²) in [4.78, 5) is 22.9. The third-order valence-electron chi connectivity index (χ3n) is 1.95. The molecule has 1 atom stereocenters. The molecule has 0 saturated carbocycles. The van der Waals surface area contributed by atoms with Gasteiger partial charge >= 0.3 is 6.03 Å². The Balaban J connectivity index is 2.57. The van der Waals surface area contributed by atoms with E-state index in [1.807, 2.05) is 31.2 Å². The normalized spacial score (nSPS) is 11.9. The van der Waals surface area contributed by atoms with Crippen molar-refractivity contribution in [3.8, 4) is 0 Å². The van der Waals surface area contributed by atoms with Gasteiger partial charge in [-0.05, 0) is 26.0 Å². The number of carbonyl (C=O) groups excluding carboxylic acids is 2. The largest absolute Gasteiger partial charge is 0.351 e. The number of imide groups is 1. The number of thioether (sulfide) groups is 1. The summed E-state index contributed by atoms with van der Waals surface area (Å²) >= 11 is 1.38. The highest BCUT2D eigenvalue weighted by atomic mass is 32.2. The third kappa shape index (κ3) is 3.94. The van der Waals surface area contributed by atoms with Crippen LogP contribution in [0, 0.1) is 6.92 Å². The molecule has 0 fully saturated rings. The van der Waals surface area contributed by atoms with Gasteiger partial charge in [0.2, 0.25) is 5.91 Å². The number of nitrogens with two attached hydrogens (primary N) is 1. The van der Waals surface area contributed by atoms with Crippen molar-refractivity contribution in [2.24, 2.45) is 5.73 Å². The molecule has 0 bridgehead atoms. The maximum Gasteiger partial charge on any atom is 0.318 e. The van der Waals surface area contributed by atoms with Crippen molar-refractivity contribution < 1.29 is 9.59 Å². The molecule has 0 aromatic heterocycles. The van der Waals surface area contributed by atoms with Gasteiger partial charge in [-0.1, -0.05) is 17.7 Å². The molecule has 0 radical (unpaired) electrons. The number of urea groups is 1. The summed E-state index contributed by atoms with van der Waals surface area (Å²) in [7, 11) is 0. The van der Waals surface area contributed by atoms with Crippen molar-refractivity contribution >= 4 is 23.7 Å². The van der Waals surface area contributed by atoms with Crippen molar-refractivity contribution in [1.82, 2.24) is 5.32 Å². The molecular weight excluding hydrogens is 224 g/mol. The van der Waals surface area contributed by atoms with E-state index in [1.54, 1.807) is 6.92 Å². The smallest absolute Gasteiger partial charge is 0.318 e. The topological polar surface area (TPSA) is 72.2 Å². The highest BCUT2D eigenvalue weighted by molar-refractivity contribution is 8.00. The van der Waals surface area contributed by atoms with Gasteiger partial charge in [-0.3, -0.25) is 10.1 Å². The van der Waals surface area contributed by atoms with E-state index in [1.165, 1.54) is 17.3 Å². The molecule has 0 aliphatic carbocycles. The van der Waals surface area contributed by atoms with E-state index in [9.17, 15) is 9.59 Å². The Morgan fingerprint density at radius 1 is 1.31 bits per heavy atom. The van der Waals surface area contributed by atoms with Gasteiger partial charge in [-0.25, -0.2) is 4.79 Å². The van der Waals surface area contributed by atoms with Gasteiger partial charge in [0.1, 0.15) is 0 Å². The lowest BCUT2D eigenvalue weighted by molar-refractivity contribution is -0.119. The zero-order valence-corrected chi connectivity index (χ0v) is 10.0. The van der Waals surface area contributed by atoms with Crippen LogP contribution in [0.3, 0.4) is 0 Å². The summed E-state index contributed by atoms with van der Waals surface area (Å²) in [6.45, 7) is 3.72. The summed E-state index contributed by atoms with van der Waals surface area (Å²) in [5.41, 5.74) is 6.03. The minimum absolute atomic E-state index is 0.352. The Bertz CT molecular complexity index is 389. The van der Waals surface area contributed by atoms with Crippen molar-refractivity contribution in [3.05, 3.63) is 29.8 Å². The Morgan fingerprint density at radius 3 is 2.38 bits per heavy atom.